The van der Waals surface area contributed by atoms with E-state index in [-0.39, 0.29) is 12.2 Å². The number of carbonyl (C=O) groups excluding carboxylic acids is 1. The second-order valence-corrected chi connectivity index (χ2v) is 5.60. The van der Waals surface area contributed by atoms with Crippen molar-refractivity contribution in [2.45, 2.75) is 6.61 Å². The van der Waals surface area contributed by atoms with Gasteiger partial charge in [0.2, 0.25) is 5.89 Å². The quantitative estimate of drug-likeness (QED) is 0.726. The van der Waals surface area contributed by atoms with Gasteiger partial charge < -0.3 is 19.6 Å². The van der Waals surface area contributed by atoms with Crippen molar-refractivity contribution in [1.82, 2.24) is 4.98 Å². The molecule has 1 heterocycles. The maximum atomic E-state index is 11.5. The third-order valence-corrected chi connectivity index (χ3v) is 3.71. The molecule has 2 N–H and O–H groups in total. The largest absolute Gasteiger partial charge is 0.497 e. The first-order valence-electron chi connectivity index (χ1n) is 7.38. The Hall–Kier alpha value is -2.99. The molecule has 0 atom stereocenters. The predicted octanol–water partition coefficient (Wildman–Crippen LogP) is 3.68. The summed E-state index contributed by atoms with van der Waals surface area (Å²) in [4.78, 5) is 15.8. The number of hydrogen-bond acceptors (Lipinski definition) is 5. The SMILES string of the molecule is COc1ccc(-c2nc(COc3ccc(Cl)cc3C(N)=O)co2)cc1. The van der Waals surface area contributed by atoms with Crippen molar-refractivity contribution in [2.75, 3.05) is 7.11 Å². The van der Waals surface area contributed by atoms with Gasteiger partial charge in [-0.2, -0.15) is 0 Å². The number of oxazole rings is 1. The van der Waals surface area contributed by atoms with E-state index < -0.39 is 5.91 Å². The molecule has 0 aliphatic rings. The number of aromatic nitrogens is 1. The Morgan fingerprint density at radius 3 is 2.68 bits per heavy atom. The average molecular weight is 359 g/mol. The van der Waals surface area contributed by atoms with Gasteiger partial charge in [0.05, 0.1) is 12.7 Å². The number of carbonyl (C=O) groups is 1. The Morgan fingerprint density at radius 1 is 1.24 bits per heavy atom. The van der Waals surface area contributed by atoms with Crippen molar-refractivity contribution in [1.29, 1.82) is 0 Å². The molecule has 3 aromatic rings. The van der Waals surface area contributed by atoms with Crippen LogP contribution in [0.15, 0.2) is 53.1 Å². The molecule has 0 aliphatic carbocycles. The van der Waals surface area contributed by atoms with Crippen LogP contribution in [0.25, 0.3) is 11.5 Å². The van der Waals surface area contributed by atoms with Crippen molar-refractivity contribution in [3.05, 3.63) is 65.0 Å². The Balaban J connectivity index is 1.73. The van der Waals surface area contributed by atoms with Crippen molar-refractivity contribution < 1.29 is 18.7 Å². The zero-order valence-electron chi connectivity index (χ0n) is 13.4. The maximum Gasteiger partial charge on any atom is 0.252 e. The lowest BCUT2D eigenvalue weighted by Crippen LogP contribution is -2.13. The highest BCUT2D eigenvalue weighted by Crippen LogP contribution is 2.25. The van der Waals surface area contributed by atoms with Crippen LogP contribution < -0.4 is 15.2 Å². The minimum Gasteiger partial charge on any atom is -0.497 e. The van der Waals surface area contributed by atoms with Gasteiger partial charge >= 0.3 is 0 Å². The minimum absolute atomic E-state index is 0.127. The van der Waals surface area contributed by atoms with E-state index in [1.807, 2.05) is 24.3 Å². The van der Waals surface area contributed by atoms with E-state index in [0.29, 0.717) is 22.4 Å². The number of halogens is 1. The van der Waals surface area contributed by atoms with Crippen LogP contribution >= 0.6 is 11.6 Å². The van der Waals surface area contributed by atoms with E-state index in [0.717, 1.165) is 11.3 Å². The van der Waals surface area contributed by atoms with E-state index in [1.165, 1.54) is 12.3 Å². The van der Waals surface area contributed by atoms with Crippen LogP contribution in [0.2, 0.25) is 5.02 Å². The van der Waals surface area contributed by atoms with Crippen LogP contribution in [0, 0.1) is 0 Å². The molecule has 3 rings (SSSR count). The fraction of sp³-hybridized carbons (Fsp3) is 0.111. The third-order valence-electron chi connectivity index (χ3n) is 3.47. The summed E-state index contributed by atoms with van der Waals surface area (Å²) in [7, 11) is 1.60. The van der Waals surface area contributed by atoms with Gasteiger partial charge in [0.25, 0.3) is 5.91 Å². The van der Waals surface area contributed by atoms with Gasteiger partial charge in [-0.25, -0.2) is 4.98 Å². The first-order chi connectivity index (χ1) is 12.1. The summed E-state index contributed by atoms with van der Waals surface area (Å²) in [5, 5.41) is 0.407. The molecule has 0 aliphatic heterocycles. The number of primary amides is 1. The number of amides is 1. The highest BCUT2D eigenvalue weighted by atomic mass is 35.5. The summed E-state index contributed by atoms with van der Waals surface area (Å²) >= 11 is 5.87. The first kappa shape index (κ1) is 16.9. The number of nitrogens with zero attached hydrogens (tertiary/aromatic N) is 1. The number of benzene rings is 2. The highest BCUT2D eigenvalue weighted by Gasteiger charge is 2.12. The zero-order chi connectivity index (χ0) is 17.8. The van der Waals surface area contributed by atoms with Gasteiger partial charge in [-0.15, -0.1) is 0 Å². The summed E-state index contributed by atoms with van der Waals surface area (Å²) in [6.07, 6.45) is 1.50. The third kappa shape index (κ3) is 3.92. The molecular formula is C18H15ClN2O4. The lowest BCUT2D eigenvalue weighted by Gasteiger charge is -2.08. The van der Waals surface area contributed by atoms with E-state index >= 15 is 0 Å². The molecule has 0 spiro atoms. The summed E-state index contributed by atoms with van der Waals surface area (Å²) in [6.45, 7) is 0.127. The van der Waals surface area contributed by atoms with Crippen LogP contribution in [0.5, 0.6) is 11.5 Å². The summed E-state index contributed by atoms with van der Waals surface area (Å²) in [5.74, 6) is 0.940. The second kappa shape index (κ2) is 7.27. The Morgan fingerprint density at radius 2 is 2.00 bits per heavy atom. The molecular weight excluding hydrogens is 344 g/mol. The monoisotopic (exact) mass is 358 g/mol. The van der Waals surface area contributed by atoms with Gasteiger partial charge in [0.15, 0.2) is 0 Å². The van der Waals surface area contributed by atoms with Crippen LogP contribution in [-0.2, 0) is 6.61 Å². The zero-order valence-corrected chi connectivity index (χ0v) is 14.1. The summed E-state index contributed by atoms with van der Waals surface area (Å²) < 4.78 is 16.2. The number of nitrogens with two attached hydrogens (primary N) is 1. The Labute approximate surface area is 149 Å². The van der Waals surface area contributed by atoms with Gasteiger partial charge in [0, 0.05) is 10.6 Å². The molecule has 2 aromatic carbocycles. The molecule has 6 nitrogen and oxygen atoms in total. The molecule has 0 radical (unpaired) electrons. The van der Waals surface area contributed by atoms with Crippen LogP contribution in [0.3, 0.4) is 0 Å². The number of methoxy groups -OCH3 is 1. The second-order valence-electron chi connectivity index (χ2n) is 5.17. The van der Waals surface area contributed by atoms with Gasteiger partial charge in [0.1, 0.15) is 30.1 Å². The van der Waals surface area contributed by atoms with Gasteiger partial charge in [-0.1, -0.05) is 11.6 Å². The molecule has 1 aromatic heterocycles. The fourth-order valence-corrected chi connectivity index (χ4v) is 2.38. The first-order valence-corrected chi connectivity index (χ1v) is 7.75. The number of ether oxygens (including phenoxy) is 2. The van der Waals surface area contributed by atoms with Crippen molar-refractivity contribution in [2.24, 2.45) is 5.73 Å². The van der Waals surface area contributed by atoms with E-state index in [1.54, 1.807) is 19.2 Å². The van der Waals surface area contributed by atoms with Crippen molar-refractivity contribution >= 4 is 17.5 Å². The normalized spacial score (nSPS) is 10.5. The molecule has 0 unspecified atom stereocenters. The van der Waals surface area contributed by atoms with Crippen LogP contribution in [0.1, 0.15) is 16.1 Å². The number of rotatable bonds is 6. The summed E-state index contributed by atoms with van der Waals surface area (Å²) in [5.41, 5.74) is 6.94. The minimum atomic E-state index is -0.614. The van der Waals surface area contributed by atoms with E-state index in [9.17, 15) is 4.79 Å². The highest BCUT2D eigenvalue weighted by molar-refractivity contribution is 6.31. The lowest BCUT2D eigenvalue weighted by atomic mass is 10.2. The van der Waals surface area contributed by atoms with Crippen LogP contribution in [0.4, 0.5) is 0 Å². The molecule has 1 amide bonds. The topological polar surface area (TPSA) is 87.6 Å². The van der Waals surface area contributed by atoms with Crippen LogP contribution in [-0.4, -0.2) is 18.0 Å². The Kier molecular flexibility index (Phi) is 4.90. The summed E-state index contributed by atoms with van der Waals surface area (Å²) in [6, 6.07) is 12.0. The molecule has 0 saturated heterocycles. The van der Waals surface area contributed by atoms with E-state index in [4.69, 9.17) is 31.2 Å². The van der Waals surface area contributed by atoms with Crippen molar-refractivity contribution in [3.63, 3.8) is 0 Å². The van der Waals surface area contributed by atoms with E-state index in [2.05, 4.69) is 4.98 Å². The van der Waals surface area contributed by atoms with Gasteiger partial charge in [-0.3, -0.25) is 4.79 Å². The maximum absolute atomic E-state index is 11.5. The van der Waals surface area contributed by atoms with Gasteiger partial charge in [-0.05, 0) is 42.5 Å². The molecule has 25 heavy (non-hydrogen) atoms. The fourth-order valence-electron chi connectivity index (χ4n) is 2.21. The predicted molar refractivity (Wildman–Crippen MR) is 92.8 cm³/mol. The number of hydrogen-bond donors (Lipinski definition) is 1. The van der Waals surface area contributed by atoms with Crippen molar-refractivity contribution in [3.8, 4) is 23.0 Å². The standard InChI is InChI=1S/C18H15ClN2O4/c1-23-14-5-2-11(3-6-14)18-21-13(10-25-18)9-24-16-7-4-12(19)8-15(16)17(20)22/h2-8,10H,9H2,1H3,(H2,20,22). The smallest absolute Gasteiger partial charge is 0.252 e. The Bertz CT molecular complexity index is 890. The molecule has 0 saturated carbocycles. The molecule has 128 valence electrons. The molecule has 7 heteroatoms. The molecule has 0 bridgehead atoms. The molecule has 0 fully saturated rings. The average Bonchev–Trinajstić information content (AvgIpc) is 3.09. The lowest BCUT2D eigenvalue weighted by molar-refractivity contribution is 0.0996.